The summed E-state index contributed by atoms with van der Waals surface area (Å²) in [5.74, 6) is -0.287. The molecule has 2 heteroatoms. The van der Waals surface area contributed by atoms with Crippen LogP contribution in [-0.4, -0.2) is 4.98 Å². The molecular formula is C9H11FN. The fourth-order valence-corrected chi connectivity index (χ4v) is 0.892. The molecule has 1 atom stereocenters. The van der Waals surface area contributed by atoms with Gasteiger partial charge in [-0.1, -0.05) is 6.92 Å². The van der Waals surface area contributed by atoms with Crippen LogP contribution in [0.2, 0.25) is 0 Å². The van der Waals surface area contributed by atoms with Crippen LogP contribution in [0, 0.1) is 12.7 Å². The van der Waals surface area contributed by atoms with Crippen LogP contribution in [0.15, 0.2) is 18.3 Å². The number of pyridine rings is 1. The Hall–Kier alpha value is -0.920. The molecule has 0 spiro atoms. The minimum atomic E-state index is -0.255. The standard InChI is InChI=1S/C9H11FN/c1-3-7(2)9-8(10)5-4-6-11-9/h4-7H,2-3H2,1H3. The summed E-state index contributed by atoms with van der Waals surface area (Å²) in [7, 11) is 0. The fraction of sp³-hybridized carbons (Fsp3) is 0.333. The van der Waals surface area contributed by atoms with Crippen molar-refractivity contribution >= 4 is 0 Å². The second-order valence-electron chi connectivity index (χ2n) is 2.48. The van der Waals surface area contributed by atoms with Crippen molar-refractivity contribution in [2.75, 3.05) is 0 Å². The average molecular weight is 152 g/mol. The monoisotopic (exact) mass is 152 g/mol. The molecule has 0 aliphatic carbocycles. The highest BCUT2D eigenvalue weighted by molar-refractivity contribution is 5.12. The highest BCUT2D eigenvalue weighted by Gasteiger charge is 2.08. The van der Waals surface area contributed by atoms with E-state index >= 15 is 0 Å². The molecule has 0 aliphatic heterocycles. The Morgan fingerprint density at radius 3 is 3.00 bits per heavy atom. The summed E-state index contributed by atoms with van der Waals surface area (Å²) >= 11 is 0. The lowest BCUT2D eigenvalue weighted by Crippen LogP contribution is -1.98. The molecule has 11 heavy (non-hydrogen) atoms. The van der Waals surface area contributed by atoms with Crippen LogP contribution >= 0.6 is 0 Å². The predicted molar refractivity (Wildman–Crippen MR) is 42.6 cm³/mol. The van der Waals surface area contributed by atoms with Crippen LogP contribution in [0.1, 0.15) is 25.0 Å². The molecule has 0 N–H and O–H groups in total. The van der Waals surface area contributed by atoms with Crippen LogP contribution in [0.25, 0.3) is 0 Å². The van der Waals surface area contributed by atoms with Crippen LogP contribution in [0.3, 0.4) is 0 Å². The Morgan fingerprint density at radius 1 is 1.73 bits per heavy atom. The van der Waals surface area contributed by atoms with Gasteiger partial charge in [0.25, 0.3) is 0 Å². The van der Waals surface area contributed by atoms with Gasteiger partial charge in [-0.05, 0) is 25.5 Å². The Balaban J connectivity index is 2.93. The van der Waals surface area contributed by atoms with E-state index in [2.05, 4.69) is 11.9 Å². The summed E-state index contributed by atoms with van der Waals surface area (Å²) in [6, 6.07) is 3.00. The molecule has 59 valence electrons. The van der Waals surface area contributed by atoms with Gasteiger partial charge in [-0.15, -0.1) is 0 Å². The molecule has 0 aliphatic rings. The molecule has 1 aromatic heterocycles. The summed E-state index contributed by atoms with van der Waals surface area (Å²) in [6.07, 6.45) is 2.40. The highest BCUT2D eigenvalue weighted by atomic mass is 19.1. The first-order valence-corrected chi connectivity index (χ1v) is 3.69. The molecule has 1 radical (unpaired) electrons. The van der Waals surface area contributed by atoms with E-state index in [1.165, 1.54) is 6.07 Å². The second kappa shape index (κ2) is 3.46. The maximum atomic E-state index is 12.9. The lowest BCUT2D eigenvalue weighted by molar-refractivity contribution is 0.581. The third-order valence-corrected chi connectivity index (χ3v) is 1.67. The Morgan fingerprint density at radius 2 is 2.45 bits per heavy atom. The molecule has 1 heterocycles. The van der Waals surface area contributed by atoms with Crippen molar-refractivity contribution < 1.29 is 4.39 Å². The summed E-state index contributed by atoms with van der Waals surface area (Å²) in [5.41, 5.74) is 0.468. The van der Waals surface area contributed by atoms with Crippen LogP contribution in [0.4, 0.5) is 4.39 Å². The zero-order valence-corrected chi connectivity index (χ0v) is 6.55. The summed E-state index contributed by atoms with van der Waals surface area (Å²) in [4.78, 5) is 3.91. The van der Waals surface area contributed by atoms with Crippen LogP contribution < -0.4 is 0 Å². The third-order valence-electron chi connectivity index (χ3n) is 1.67. The summed E-state index contributed by atoms with van der Waals surface area (Å²) in [5, 5.41) is 0. The van der Waals surface area contributed by atoms with E-state index in [0.29, 0.717) is 5.69 Å². The van der Waals surface area contributed by atoms with Gasteiger partial charge in [0.15, 0.2) is 0 Å². The Bertz CT molecular complexity index is 235. The van der Waals surface area contributed by atoms with E-state index in [-0.39, 0.29) is 11.7 Å². The van der Waals surface area contributed by atoms with E-state index in [1.807, 2.05) is 6.92 Å². The molecule has 0 bridgehead atoms. The van der Waals surface area contributed by atoms with Gasteiger partial charge in [0.1, 0.15) is 5.82 Å². The molecule has 1 aromatic rings. The molecule has 0 saturated carbocycles. The van der Waals surface area contributed by atoms with Crippen molar-refractivity contribution in [2.45, 2.75) is 19.3 Å². The molecule has 1 nitrogen and oxygen atoms in total. The summed E-state index contributed by atoms with van der Waals surface area (Å²) in [6.45, 7) is 5.75. The molecule has 0 fully saturated rings. The molecule has 1 unspecified atom stereocenters. The molecule has 0 saturated heterocycles. The maximum Gasteiger partial charge on any atom is 0.144 e. The first-order chi connectivity index (χ1) is 5.25. The first-order valence-electron chi connectivity index (χ1n) is 3.69. The van der Waals surface area contributed by atoms with Gasteiger partial charge in [0.2, 0.25) is 0 Å². The van der Waals surface area contributed by atoms with Crippen molar-refractivity contribution in [3.8, 4) is 0 Å². The number of nitrogens with zero attached hydrogens (tertiary/aromatic N) is 1. The molecule has 0 aromatic carbocycles. The molecule has 1 rings (SSSR count). The van der Waals surface area contributed by atoms with Crippen LogP contribution in [-0.2, 0) is 0 Å². The maximum absolute atomic E-state index is 12.9. The number of aromatic nitrogens is 1. The van der Waals surface area contributed by atoms with E-state index in [9.17, 15) is 4.39 Å². The second-order valence-corrected chi connectivity index (χ2v) is 2.48. The Labute approximate surface area is 66.3 Å². The number of hydrogen-bond acceptors (Lipinski definition) is 1. The van der Waals surface area contributed by atoms with Crippen LogP contribution in [0.5, 0.6) is 0 Å². The van der Waals surface area contributed by atoms with E-state index in [1.54, 1.807) is 12.3 Å². The minimum absolute atomic E-state index is 0.0313. The smallest absolute Gasteiger partial charge is 0.144 e. The van der Waals surface area contributed by atoms with Crippen molar-refractivity contribution in [1.82, 2.24) is 4.98 Å². The number of rotatable bonds is 2. The minimum Gasteiger partial charge on any atom is -0.258 e. The summed E-state index contributed by atoms with van der Waals surface area (Å²) < 4.78 is 12.9. The van der Waals surface area contributed by atoms with Gasteiger partial charge >= 0.3 is 0 Å². The normalized spacial score (nSPS) is 13.0. The fourth-order valence-electron chi connectivity index (χ4n) is 0.892. The van der Waals surface area contributed by atoms with Gasteiger partial charge in [0, 0.05) is 12.1 Å². The van der Waals surface area contributed by atoms with Crippen molar-refractivity contribution in [2.24, 2.45) is 0 Å². The topological polar surface area (TPSA) is 12.9 Å². The SMILES string of the molecule is [CH2]C(CC)c1ncccc1F. The number of halogens is 1. The predicted octanol–water partition coefficient (Wildman–Crippen LogP) is 2.55. The number of hydrogen-bond donors (Lipinski definition) is 0. The zero-order valence-electron chi connectivity index (χ0n) is 6.55. The van der Waals surface area contributed by atoms with Gasteiger partial charge in [-0.2, -0.15) is 0 Å². The first kappa shape index (κ1) is 8.18. The van der Waals surface area contributed by atoms with E-state index in [4.69, 9.17) is 0 Å². The lowest BCUT2D eigenvalue weighted by Gasteiger charge is -2.06. The van der Waals surface area contributed by atoms with Gasteiger partial charge in [-0.3, -0.25) is 4.98 Å². The zero-order chi connectivity index (χ0) is 8.27. The average Bonchev–Trinajstić information content (AvgIpc) is 2.04. The van der Waals surface area contributed by atoms with Gasteiger partial charge < -0.3 is 0 Å². The quantitative estimate of drug-likeness (QED) is 0.634. The van der Waals surface area contributed by atoms with E-state index in [0.717, 1.165) is 6.42 Å². The van der Waals surface area contributed by atoms with Crippen molar-refractivity contribution in [3.05, 3.63) is 36.8 Å². The molecule has 0 amide bonds. The lowest BCUT2D eigenvalue weighted by atomic mass is 10.0. The third kappa shape index (κ3) is 1.76. The van der Waals surface area contributed by atoms with Crippen molar-refractivity contribution in [3.63, 3.8) is 0 Å². The van der Waals surface area contributed by atoms with Crippen molar-refractivity contribution in [1.29, 1.82) is 0 Å². The Kier molecular flexibility index (Phi) is 2.58. The largest absolute Gasteiger partial charge is 0.258 e. The van der Waals surface area contributed by atoms with E-state index < -0.39 is 0 Å². The highest BCUT2D eigenvalue weighted by Crippen LogP contribution is 2.17. The van der Waals surface area contributed by atoms with Gasteiger partial charge in [0.05, 0.1) is 5.69 Å². The molecular weight excluding hydrogens is 141 g/mol. The van der Waals surface area contributed by atoms with Gasteiger partial charge in [-0.25, -0.2) is 4.39 Å².